The maximum atomic E-state index is 11.5. The zero-order valence-corrected chi connectivity index (χ0v) is 12.3. The molecule has 1 rings (SSSR count). The van der Waals surface area contributed by atoms with Crippen LogP contribution in [0.15, 0.2) is 5.38 Å². The second kappa shape index (κ2) is 8.20. The van der Waals surface area contributed by atoms with E-state index in [0.717, 1.165) is 10.7 Å². The molecule has 0 spiro atoms. The second-order valence-electron chi connectivity index (χ2n) is 4.33. The second-order valence-corrected chi connectivity index (χ2v) is 5.39. The Hall–Kier alpha value is -2.16. The average Bonchev–Trinajstić information content (AvgIpc) is 2.79. The Balaban J connectivity index is 2.32. The van der Waals surface area contributed by atoms with Gasteiger partial charge in [-0.3, -0.25) is 4.79 Å². The number of nitrogens with one attached hydrogen (secondary N) is 2. The molecule has 1 aromatic rings. The van der Waals surface area contributed by atoms with Crippen LogP contribution in [0.1, 0.15) is 23.5 Å². The van der Waals surface area contributed by atoms with E-state index in [1.807, 2.05) is 12.3 Å². The van der Waals surface area contributed by atoms with Gasteiger partial charge in [-0.15, -0.1) is 11.3 Å². The topological polar surface area (TPSA) is 129 Å². The number of carboxylic acids is 2. The minimum absolute atomic E-state index is 0.163. The van der Waals surface area contributed by atoms with Crippen LogP contribution in [0.2, 0.25) is 0 Å². The number of aromatic nitrogens is 1. The van der Waals surface area contributed by atoms with Crippen molar-refractivity contribution in [3.05, 3.63) is 16.1 Å². The van der Waals surface area contributed by atoms with Crippen LogP contribution in [0.3, 0.4) is 0 Å². The van der Waals surface area contributed by atoms with Gasteiger partial charge in [0.1, 0.15) is 6.04 Å². The van der Waals surface area contributed by atoms with Gasteiger partial charge in [-0.25, -0.2) is 14.6 Å². The van der Waals surface area contributed by atoms with Gasteiger partial charge >= 0.3 is 18.0 Å². The molecule has 0 bridgehead atoms. The zero-order chi connectivity index (χ0) is 15.8. The Bertz CT molecular complexity index is 517. The molecule has 0 aliphatic heterocycles. The van der Waals surface area contributed by atoms with Crippen molar-refractivity contribution in [3.8, 4) is 0 Å². The maximum absolute atomic E-state index is 11.5. The molecule has 116 valence electrons. The van der Waals surface area contributed by atoms with E-state index < -0.39 is 24.0 Å². The van der Waals surface area contributed by atoms with Crippen LogP contribution in [0.25, 0.3) is 0 Å². The Labute approximate surface area is 125 Å². The van der Waals surface area contributed by atoms with Gasteiger partial charge in [0, 0.05) is 24.8 Å². The van der Waals surface area contributed by atoms with Gasteiger partial charge in [-0.2, -0.15) is 0 Å². The lowest BCUT2D eigenvalue weighted by molar-refractivity contribution is -0.140. The predicted octanol–water partition coefficient (Wildman–Crippen LogP) is 0.611. The molecule has 0 aromatic carbocycles. The van der Waals surface area contributed by atoms with Crippen LogP contribution in [-0.4, -0.2) is 45.8 Å². The molecule has 0 fully saturated rings. The highest BCUT2D eigenvalue weighted by Gasteiger charge is 2.20. The third-order valence-corrected chi connectivity index (χ3v) is 3.41. The summed E-state index contributed by atoms with van der Waals surface area (Å²) in [6.45, 7) is 2.20. The number of thiazole rings is 1. The molecule has 9 heteroatoms. The molecule has 21 heavy (non-hydrogen) atoms. The first kappa shape index (κ1) is 16.9. The highest BCUT2D eigenvalue weighted by Crippen LogP contribution is 2.07. The summed E-state index contributed by atoms with van der Waals surface area (Å²) in [5.41, 5.74) is 0.860. The molecule has 0 saturated carbocycles. The smallest absolute Gasteiger partial charge is 0.326 e. The van der Waals surface area contributed by atoms with Crippen molar-refractivity contribution in [1.29, 1.82) is 0 Å². The minimum Gasteiger partial charge on any atom is -0.481 e. The molecule has 4 N–H and O–H groups in total. The van der Waals surface area contributed by atoms with Crippen LogP contribution in [0.4, 0.5) is 4.79 Å². The predicted molar refractivity (Wildman–Crippen MR) is 75.4 cm³/mol. The fraction of sp³-hybridized carbons (Fsp3) is 0.500. The summed E-state index contributed by atoms with van der Waals surface area (Å²) in [7, 11) is 0. The van der Waals surface area contributed by atoms with E-state index in [9.17, 15) is 14.4 Å². The number of hydrogen-bond acceptors (Lipinski definition) is 5. The van der Waals surface area contributed by atoms with Crippen LogP contribution in [0.5, 0.6) is 0 Å². The number of rotatable bonds is 8. The standard InChI is InChI=1S/C12H17N3O5S/c1-7-14-8(6-21-7)4-5-13-12(20)15-9(11(18)19)2-3-10(16)17/h6,9H,2-5H2,1H3,(H,16,17)(H,18,19)(H2,13,15,20)/t9-/m0/s1. The van der Waals surface area contributed by atoms with Crippen molar-refractivity contribution >= 4 is 29.3 Å². The number of urea groups is 1. The first-order valence-electron chi connectivity index (χ1n) is 6.28. The summed E-state index contributed by atoms with van der Waals surface area (Å²) in [6, 6.07) is -1.86. The Morgan fingerprint density at radius 2 is 2.10 bits per heavy atom. The fourth-order valence-electron chi connectivity index (χ4n) is 1.56. The van der Waals surface area contributed by atoms with Crippen molar-refractivity contribution in [2.75, 3.05) is 6.54 Å². The fourth-order valence-corrected chi connectivity index (χ4v) is 2.21. The number of carbonyl (C=O) groups is 3. The Kier molecular flexibility index (Phi) is 6.60. The van der Waals surface area contributed by atoms with Gasteiger partial charge < -0.3 is 20.8 Å². The number of aryl methyl sites for hydroxylation is 1. The van der Waals surface area contributed by atoms with Gasteiger partial charge in [-0.05, 0) is 13.3 Å². The van der Waals surface area contributed by atoms with Crippen LogP contribution in [0, 0.1) is 6.92 Å². The first-order valence-corrected chi connectivity index (χ1v) is 7.16. The lowest BCUT2D eigenvalue weighted by atomic mass is 10.1. The van der Waals surface area contributed by atoms with Crippen LogP contribution < -0.4 is 10.6 Å². The largest absolute Gasteiger partial charge is 0.481 e. The van der Waals surface area contributed by atoms with E-state index in [-0.39, 0.29) is 12.8 Å². The van der Waals surface area contributed by atoms with E-state index >= 15 is 0 Å². The van der Waals surface area contributed by atoms with E-state index in [0.29, 0.717) is 13.0 Å². The quantitative estimate of drug-likeness (QED) is 0.556. The molecule has 0 radical (unpaired) electrons. The number of carboxylic acid groups (broad SMARTS) is 2. The molecule has 0 unspecified atom stereocenters. The van der Waals surface area contributed by atoms with Crippen molar-refractivity contribution in [2.45, 2.75) is 32.2 Å². The summed E-state index contributed by atoms with van der Waals surface area (Å²) in [6.07, 6.45) is 0.0589. The third-order valence-electron chi connectivity index (χ3n) is 2.58. The molecule has 0 aliphatic carbocycles. The molecule has 1 aromatic heterocycles. The van der Waals surface area contributed by atoms with E-state index in [1.165, 1.54) is 11.3 Å². The highest BCUT2D eigenvalue weighted by molar-refractivity contribution is 7.09. The molecule has 2 amide bonds. The highest BCUT2D eigenvalue weighted by atomic mass is 32.1. The summed E-state index contributed by atoms with van der Waals surface area (Å²) in [4.78, 5) is 37.1. The summed E-state index contributed by atoms with van der Waals surface area (Å²) >= 11 is 1.51. The molecule has 0 saturated heterocycles. The Morgan fingerprint density at radius 3 is 2.62 bits per heavy atom. The maximum Gasteiger partial charge on any atom is 0.326 e. The van der Waals surface area contributed by atoms with E-state index in [1.54, 1.807) is 0 Å². The number of carbonyl (C=O) groups excluding carboxylic acids is 1. The summed E-state index contributed by atoms with van der Waals surface area (Å²) in [5, 5.41) is 25.0. The van der Waals surface area contributed by atoms with Gasteiger partial charge in [0.15, 0.2) is 0 Å². The number of hydrogen-bond donors (Lipinski definition) is 4. The Morgan fingerprint density at radius 1 is 1.38 bits per heavy atom. The van der Waals surface area contributed by atoms with E-state index in [2.05, 4.69) is 15.6 Å². The summed E-state index contributed by atoms with van der Waals surface area (Å²) in [5.74, 6) is -2.37. The number of nitrogens with zero attached hydrogens (tertiary/aromatic N) is 1. The van der Waals surface area contributed by atoms with E-state index in [4.69, 9.17) is 10.2 Å². The molecule has 1 heterocycles. The molecular formula is C12H17N3O5S. The molecular weight excluding hydrogens is 298 g/mol. The summed E-state index contributed by atoms with van der Waals surface area (Å²) < 4.78 is 0. The van der Waals surface area contributed by atoms with Crippen LogP contribution in [-0.2, 0) is 16.0 Å². The molecule has 8 nitrogen and oxygen atoms in total. The number of amides is 2. The first-order chi connectivity index (χ1) is 9.88. The van der Waals surface area contributed by atoms with Gasteiger partial charge in [0.05, 0.1) is 10.7 Å². The van der Waals surface area contributed by atoms with Crippen molar-refractivity contribution in [2.24, 2.45) is 0 Å². The minimum atomic E-state index is -1.26. The lowest BCUT2D eigenvalue weighted by Gasteiger charge is -2.14. The van der Waals surface area contributed by atoms with Crippen molar-refractivity contribution in [1.82, 2.24) is 15.6 Å². The SMILES string of the molecule is Cc1nc(CCNC(=O)N[C@@H](CCC(=O)O)C(=O)O)cs1. The molecule has 1 atom stereocenters. The van der Waals surface area contributed by atoms with Gasteiger partial charge in [-0.1, -0.05) is 0 Å². The van der Waals surface area contributed by atoms with Crippen molar-refractivity contribution < 1.29 is 24.6 Å². The van der Waals surface area contributed by atoms with Crippen molar-refractivity contribution in [3.63, 3.8) is 0 Å². The van der Waals surface area contributed by atoms with Gasteiger partial charge in [0.25, 0.3) is 0 Å². The molecule has 0 aliphatic rings. The third kappa shape index (κ3) is 6.70. The number of aliphatic carboxylic acids is 2. The van der Waals surface area contributed by atoms with Gasteiger partial charge in [0.2, 0.25) is 0 Å². The average molecular weight is 315 g/mol. The normalized spacial score (nSPS) is 11.7. The zero-order valence-electron chi connectivity index (χ0n) is 11.5. The lowest BCUT2D eigenvalue weighted by Crippen LogP contribution is -2.46. The monoisotopic (exact) mass is 315 g/mol. The van der Waals surface area contributed by atoms with Crippen LogP contribution >= 0.6 is 11.3 Å².